The Hall–Kier alpha value is -3.07. The lowest BCUT2D eigenvalue weighted by atomic mass is 9.95. The number of aromatic nitrogens is 2. The van der Waals surface area contributed by atoms with Crippen LogP contribution in [0, 0.1) is 10.1 Å². The third kappa shape index (κ3) is 4.40. The van der Waals surface area contributed by atoms with Gasteiger partial charge in [0.15, 0.2) is 5.75 Å². The Morgan fingerprint density at radius 2 is 2.00 bits per heavy atom. The van der Waals surface area contributed by atoms with Gasteiger partial charge in [-0.15, -0.1) is 0 Å². The summed E-state index contributed by atoms with van der Waals surface area (Å²) >= 11 is 3.38. The van der Waals surface area contributed by atoms with Gasteiger partial charge in [-0.2, -0.15) is 9.78 Å². The molecule has 1 aromatic heterocycles. The van der Waals surface area contributed by atoms with Crippen molar-refractivity contribution >= 4 is 38.7 Å². The number of fused-ring (bicyclic) bond motifs is 1. The highest BCUT2D eigenvalue weighted by Gasteiger charge is 2.23. The number of ether oxygens (including phenoxy) is 1. The third-order valence-corrected chi connectivity index (χ3v) is 4.77. The van der Waals surface area contributed by atoms with E-state index < -0.39 is 10.3 Å². The Morgan fingerprint density at radius 1 is 1.27 bits per heavy atom. The van der Waals surface area contributed by atoms with Crippen LogP contribution in [0.2, 0.25) is 0 Å². The molecule has 0 N–H and O–H groups in total. The molecule has 0 aliphatic rings. The number of nitro benzene ring substituents is 1. The normalized spacial score (nSPS) is 11.9. The molecule has 0 aliphatic carbocycles. The van der Waals surface area contributed by atoms with E-state index in [1.165, 1.54) is 23.0 Å². The van der Waals surface area contributed by atoms with Gasteiger partial charge in [-0.25, -0.2) is 4.98 Å². The Morgan fingerprint density at radius 3 is 2.63 bits per heavy atom. The Kier molecular flexibility index (Phi) is 6.02. The zero-order chi connectivity index (χ0) is 22.1. The maximum atomic E-state index is 13.1. The number of nitrogens with zero attached hydrogens (tertiary/aromatic N) is 4. The summed E-state index contributed by atoms with van der Waals surface area (Å²) in [6.07, 6.45) is 1.41. The summed E-state index contributed by atoms with van der Waals surface area (Å²) in [5, 5.41) is 16.1. The number of hydrogen-bond donors (Lipinski definition) is 0. The number of benzene rings is 2. The van der Waals surface area contributed by atoms with Gasteiger partial charge in [0.2, 0.25) is 0 Å². The first-order valence-corrected chi connectivity index (χ1v) is 10.1. The van der Waals surface area contributed by atoms with Crippen molar-refractivity contribution in [2.75, 3.05) is 6.61 Å². The first kappa shape index (κ1) is 21.6. The van der Waals surface area contributed by atoms with E-state index in [-0.39, 0.29) is 17.0 Å². The van der Waals surface area contributed by atoms with Crippen LogP contribution in [0.1, 0.15) is 39.1 Å². The molecule has 3 aromatic rings. The highest BCUT2D eigenvalue weighted by Crippen LogP contribution is 2.28. The van der Waals surface area contributed by atoms with Gasteiger partial charge in [-0.1, -0.05) is 36.7 Å². The lowest BCUT2D eigenvalue weighted by Crippen LogP contribution is -2.29. The molecular formula is C21H21BrN4O4. The van der Waals surface area contributed by atoms with Crippen LogP contribution in [0.5, 0.6) is 5.75 Å². The van der Waals surface area contributed by atoms with E-state index in [2.05, 4.69) is 26.0 Å². The van der Waals surface area contributed by atoms with Crippen molar-refractivity contribution in [2.45, 2.75) is 33.1 Å². The first-order chi connectivity index (χ1) is 14.1. The first-order valence-electron chi connectivity index (χ1n) is 9.30. The van der Waals surface area contributed by atoms with Crippen molar-refractivity contribution in [3.63, 3.8) is 0 Å². The highest BCUT2D eigenvalue weighted by molar-refractivity contribution is 9.10. The van der Waals surface area contributed by atoms with Crippen LogP contribution in [-0.4, -0.2) is 27.4 Å². The molecule has 8 nitrogen and oxygen atoms in total. The van der Waals surface area contributed by atoms with Crippen LogP contribution < -0.4 is 10.3 Å². The fourth-order valence-corrected chi connectivity index (χ4v) is 3.26. The number of hydrogen-bond acceptors (Lipinski definition) is 6. The van der Waals surface area contributed by atoms with Gasteiger partial charge < -0.3 is 4.74 Å². The maximum Gasteiger partial charge on any atom is 0.311 e. The van der Waals surface area contributed by atoms with Crippen LogP contribution >= 0.6 is 15.9 Å². The molecule has 0 saturated carbocycles. The van der Waals surface area contributed by atoms with E-state index >= 15 is 0 Å². The molecule has 3 rings (SSSR count). The summed E-state index contributed by atoms with van der Waals surface area (Å²) in [5.41, 5.74) is 0.109. The van der Waals surface area contributed by atoms with Crippen LogP contribution in [0.15, 0.2) is 50.8 Å². The molecule has 0 atom stereocenters. The number of halogens is 1. The average molecular weight is 473 g/mol. The zero-order valence-electron chi connectivity index (χ0n) is 17.0. The molecule has 0 bridgehead atoms. The molecule has 0 spiro atoms. The van der Waals surface area contributed by atoms with Crippen LogP contribution in [0.3, 0.4) is 0 Å². The number of nitro groups is 1. The molecule has 0 radical (unpaired) electrons. The lowest BCUT2D eigenvalue weighted by Gasteiger charge is -2.20. The summed E-state index contributed by atoms with van der Waals surface area (Å²) < 4.78 is 7.31. The third-order valence-electron chi connectivity index (χ3n) is 4.28. The molecule has 0 unspecified atom stereocenters. The van der Waals surface area contributed by atoms with Gasteiger partial charge >= 0.3 is 5.69 Å². The fraction of sp³-hybridized carbons (Fsp3) is 0.286. The van der Waals surface area contributed by atoms with Crippen molar-refractivity contribution in [2.24, 2.45) is 5.10 Å². The van der Waals surface area contributed by atoms with Crippen molar-refractivity contribution in [1.82, 2.24) is 9.66 Å². The van der Waals surface area contributed by atoms with Crippen LogP contribution in [-0.2, 0) is 5.41 Å². The van der Waals surface area contributed by atoms with Crippen molar-refractivity contribution < 1.29 is 9.66 Å². The van der Waals surface area contributed by atoms with Gasteiger partial charge in [0.25, 0.3) is 5.56 Å². The van der Waals surface area contributed by atoms with Crippen LogP contribution in [0.4, 0.5) is 5.69 Å². The molecular weight excluding hydrogens is 452 g/mol. The highest BCUT2D eigenvalue weighted by atomic mass is 79.9. The maximum absolute atomic E-state index is 13.1. The SMILES string of the molecule is CCOc1ccc(C=Nn2c(C(C)(C)C)nc3ccc(Br)cc3c2=O)cc1[N+](=O)[O-]. The quantitative estimate of drug-likeness (QED) is 0.305. The van der Waals surface area contributed by atoms with E-state index in [4.69, 9.17) is 4.74 Å². The Bertz CT molecular complexity index is 1210. The van der Waals surface area contributed by atoms with E-state index in [9.17, 15) is 14.9 Å². The minimum atomic E-state index is -0.510. The summed E-state index contributed by atoms with van der Waals surface area (Å²) in [7, 11) is 0. The van der Waals surface area contributed by atoms with Crippen LogP contribution in [0.25, 0.3) is 10.9 Å². The van der Waals surface area contributed by atoms with E-state index in [0.717, 1.165) is 4.47 Å². The van der Waals surface area contributed by atoms with Crippen molar-refractivity contribution in [3.8, 4) is 5.75 Å². The number of rotatable bonds is 5. The molecule has 30 heavy (non-hydrogen) atoms. The van der Waals surface area contributed by atoms with Gasteiger partial charge in [0.05, 0.1) is 28.6 Å². The van der Waals surface area contributed by atoms with Crippen molar-refractivity contribution in [1.29, 1.82) is 0 Å². The molecule has 0 amide bonds. The fourth-order valence-electron chi connectivity index (χ4n) is 2.90. The minimum absolute atomic E-state index is 0.162. The second-order valence-corrected chi connectivity index (χ2v) is 8.54. The van der Waals surface area contributed by atoms with E-state index in [1.807, 2.05) is 26.8 Å². The van der Waals surface area contributed by atoms with Gasteiger partial charge in [0.1, 0.15) is 5.82 Å². The second kappa shape index (κ2) is 8.35. The molecule has 0 fully saturated rings. The zero-order valence-corrected chi connectivity index (χ0v) is 18.6. The summed E-state index contributed by atoms with van der Waals surface area (Å²) in [5.74, 6) is 0.670. The monoisotopic (exact) mass is 472 g/mol. The molecule has 0 saturated heterocycles. The minimum Gasteiger partial charge on any atom is -0.487 e. The summed E-state index contributed by atoms with van der Waals surface area (Å²) in [6.45, 7) is 7.88. The summed E-state index contributed by atoms with van der Waals surface area (Å²) in [4.78, 5) is 28.6. The lowest BCUT2D eigenvalue weighted by molar-refractivity contribution is -0.385. The van der Waals surface area contributed by atoms with E-state index in [0.29, 0.717) is 28.9 Å². The summed E-state index contributed by atoms with van der Waals surface area (Å²) in [6, 6.07) is 9.83. The van der Waals surface area contributed by atoms with Gasteiger partial charge in [-0.05, 0) is 37.3 Å². The predicted octanol–water partition coefficient (Wildman–Crippen LogP) is 4.65. The topological polar surface area (TPSA) is 99.6 Å². The molecule has 1 heterocycles. The van der Waals surface area contributed by atoms with Gasteiger partial charge in [0, 0.05) is 21.5 Å². The van der Waals surface area contributed by atoms with Gasteiger partial charge in [-0.3, -0.25) is 14.9 Å². The molecule has 2 aromatic carbocycles. The molecule has 9 heteroatoms. The molecule has 156 valence electrons. The molecule has 0 aliphatic heterocycles. The predicted molar refractivity (Wildman–Crippen MR) is 120 cm³/mol. The largest absolute Gasteiger partial charge is 0.487 e. The van der Waals surface area contributed by atoms with E-state index in [1.54, 1.807) is 25.1 Å². The Labute approximate surface area is 181 Å². The second-order valence-electron chi connectivity index (χ2n) is 7.63. The average Bonchev–Trinajstić information content (AvgIpc) is 2.67. The Balaban J connectivity index is 2.16. The van der Waals surface area contributed by atoms with Crippen molar-refractivity contribution in [3.05, 3.63) is 72.7 Å². The smallest absolute Gasteiger partial charge is 0.311 e. The standard InChI is InChI=1S/C21H21BrN4O4/c1-5-30-18-9-6-13(10-17(18)26(28)29)12-23-25-19(27)15-11-14(22)7-8-16(15)24-20(25)21(2,3)4/h6-12H,5H2,1-4H3.